The van der Waals surface area contributed by atoms with E-state index in [1.54, 1.807) is 19.2 Å². The molecule has 0 aromatic heterocycles. The second kappa shape index (κ2) is 6.86. The van der Waals surface area contributed by atoms with Crippen molar-refractivity contribution in [1.29, 1.82) is 0 Å². The summed E-state index contributed by atoms with van der Waals surface area (Å²) in [6, 6.07) is 6.79. The number of methoxy groups -OCH3 is 1. The summed E-state index contributed by atoms with van der Waals surface area (Å²) in [5, 5.41) is 1.53. The molecule has 1 nitrogen and oxygen atoms in total. The fourth-order valence-corrected chi connectivity index (χ4v) is 3.90. The third-order valence-electron chi connectivity index (χ3n) is 3.03. The lowest BCUT2D eigenvalue weighted by molar-refractivity contribution is 0.0945. The molecular formula is C13H17Br2FO. The Morgan fingerprint density at radius 2 is 2.00 bits per heavy atom. The van der Waals surface area contributed by atoms with Crippen LogP contribution in [0.1, 0.15) is 18.9 Å². The van der Waals surface area contributed by atoms with Crippen LogP contribution in [0.25, 0.3) is 0 Å². The van der Waals surface area contributed by atoms with Gasteiger partial charge in [0.25, 0.3) is 0 Å². The molecule has 0 saturated carbocycles. The molecule has 1 aromatic carbocycles. The van der Waals surface area contributed by atoms with Crippen molar-refractivity contribution >= 4 is 31.9 Å². The van der Waals surface area contributed by atoms with Gasteiger partial charge in [-0.05, 0) is 31.0 Å². The number of hydrogen-bond acceptors (Lipinski definition) is 1. The Morgan fingerprint density at radius 3 is 2.47 bits per heavy atom. The molecule has 0 spiro atoms. The Bertz CT molecular complexity index is 353. The number of hydrogen-bond donors (Lipinski definition) is 0. The van der Waals surface area contributed by atoms with Gasteiger partial charge in [0.15, 0.2) is 0 Å². The minimum atomic E-state index is -0.196. The van der Waals surface area contributed by atoms with Gasteiger partial charge in [0.1, 0.15) is 5.82 Å². The maximum absolute atomic E-state index is 13.3. The Labute approximate surface area is 119 Å². The minimum Gasteiger partial charge on any atom is -0.382 e. The van der Waals surface area contributed by atoms with Crippen molar-refractivity contribution in [2.45, 2.75) is 24.9 Å². The number of benzene rings is 1. The van der Waals surface area contributed by atoms with Gasteiger partial charge in [0.05, 0.1) is 6.10 Å². The first-order valence-electron chi connectivity index (χ1n) is 5.49. The van der Waals surface area contributed by atoms with Gasteiger partial charge in [0, 0.05) is 23.2 Å². The Balaban J connectivity index is 3.06. The molecule has 0 aliphatic heterocycles. The predicted molar refractivity (Wildman–Crippen MR) is 76.8 cm³/mol. The molecule has 96 valence electrons. The van der Waals surface area contributed by atoms with E-state index in [-0.39, 0.29) is 17.3 Å². The molecule has 0 radical (unpaired) electrons. The standard InChI is InChI=1S/C13H17Br2FO/c1-10(17-2)7-13(8-14,9-15)11-4-3-5-12(16)6-11/h3-6,10H,7-9H2,1-2H3. The zero-order valence-electron chi connectivity index (χ0n) is 10.1. The van der Waals surface area contributed by atoms with E-state index in [9.17, 15) is 4.39 Å². The van der Waals surface area contributed by atoms with Gasteiger partial charge in [-0.25, -0.2) is 4.39 Å². The lowest BCUT2D eigenvalue weighted by Crippen LogP contribution is -2.34. The molecule has 1 rings (SSSR count). The summed E-state index contributed by atoms with van der Waals surface area (Å²) in [7, 11) is 1.70. The van der Waals surface area contributed by atoms with E-state index >= 15 is 0 Å². The molecule has 1 unspecified atom stereocenters. The predicted octanol–water partition coefficient (Wildman–Crippen LogP) is 4.28. The van der Waals surface area contributed by atoms with Crippen LogP contribution in [0.4, 0.5) is 4.39 Å². The van der Waals surface area contributed by atoms with Gasteiger partial charge in [-0.15, -0.1) is 0 Å². The number of alkyl halides is 2. The molecule has 4 heteroatoms. The summed E-state index contributed by atoms with van der Waals surface area (Å²) in [5.74, 6) is -0.196. The molecule has 1 atom stereocenters. The van der Waals surface area contributed by atoms with Crippen LogP contribution in [0.2, 0.25) is 0 Å². The molecular weight excluding hydrogens is 351 g/mol. The molecule has 0 fully saturated rings. The second-order valence-corrected chi connectivity index (χ2v) is 5.43. The van der Waals surface area contributed by atoms with Crippen LogP contribution >= 0.6 is 31.9 Å². The first kappa shape index (κ1) is 15.1. The Hall–Kier alpha value is 0.0700. The third kappa shape index (κ3) is 3.76. The molecule has 0 amide bonds. The van der Waals surface area contributed by atoms with E-state index < -0.39 is 0 Å². The number of rotatable bonds is 6. The number of ether oxygens (including phenoxy) is 1. The van der Waals surface area contributed by atoms with Crippen LogP contribution in [-0.2, 0) is 10.2 Å². The first-order chi connectivity index (χ1) is 8.07. The fraction of sp³-hybridized carbons (Fsp3) is 0.538. The monoisotopic (exact) mass is 366 g/mol. The van der Waals surface area contributed by atoms with E-state index in [2.05, 4.69) is 31.9 Å². The molecule has 0 aliphatic rings. The van der Waals surface area contributed by atoms with E-state index in [0.717, 1.165) is 22.6 Å². The van der Waals surface area contributed by atoms with Gasteiger partial charge in [-0.3, -0.25) is 0 Å². The lowest BCUT2D eigenvalue weighted by Gasteiger charge is -2.33. The Kier molecular flexibility index (Phi) is 6.10. The lowest BCUT2D eigenvalue weighted by atomic mass is 9.80. The third-order valence-corrected chi connectivity index (χ3v) is 5.18. The summed E-state index contributed by atoms with van der Waals surface area (Å²) in [5.41, 5.74) is 0.854. The number of halogens is 3. The van der Waals surface area contributed by atoms with Crippen molar-refractivity contribution in [3.8, 4) is 0 Å². The highest BCUT2D eigenvalue weighted by Gasteiger charge is 2.32. The maximum atomic E-state index is 13.3. The summed E-state index contributed by atoms with van der Waals surface area (Å²) >= 11 is 7.09. The van der Waals surface area contributed by atoms with Crippen molar-refractivity contribution in [1.82, 2.24) is 0 Å². The van der Waals surface area contributed by atoms with Crippen LogP contribution in [0, 0.1) is 5.82 Å². The topological polar surface area (TPSA) is 9.23 Å². The van der Waals surface area contributed by atoms with Gasteiger partial charge in [-0.1, -0.05) is 44.0 Å². The molecule has 1 aromatic rings. The van der Waals surface area contributed by atoms with Crippen LogP contribution in [0.5, 0.6) is 0 Å². The molecule has 17 heavy (non-hydrogen) atoms. The first-order valence-corrected chi connectivity index (χ1v) is 7.73. The zero-order valence-corrected chi connectivity index (χ0v) is 13.2. The van der Waals surface area contributed by atoms with Crippen LogP contribution in [-0.4, -0.2) is 23.9 Å². The highest BCUT2D eigenvalue weighted by Crippen LogP contribution is 2.34. The highest BCUT2D eigenvalue weighted by atomic mass is 79.9. The minimum absolute atomic E-state index is 0.133. The summed E-state index contributed by atoms with van der Waals surface area (Å²) in [4.78, 5) is 0. The van der Waals surface area contributed by atoms with Crippen molar-refractivity contribution in [3.05, 3.63) is 35.6 Å². The van der Waals surface area contributed by atoms with Gasteiger partial charge in [-0.2, -0.15) is 0 Å². The molecule has 0 aliphatic carbocycles. The quantitative estimate of drug-likeness (QED) is 0.682. The Morgan fingerprint density at radius 1 is 1.35 bits per heavy atom. The fourth-order valence-electron chi connectivity index (χ4n) is 1.87. The molecule has 0 N–H and O–H groups in total. The van der Waals surface area contributed by atoms with Crippen LogP contribution in [0.15, 0.2) is 24.3 Å². The van der Waals surface area contributed by atoms with E-state index in [1.807, 2.05) is 13.0 Å². The van der Waals surface area contributed by atoms with Crippen LogP contribution in [0.3, 0.4) is 0 Å². The van der Waals surface area contributed by atoms with Gasteiger partial charge in [0.2, 0.25) is 0 Å². The van der Waals surface area contributed by atoms with E-state index in [1.165, 1.54) is 6.07 Å². The van der Waals surface area contributed by atoms with Crippen molar-refractivity contribution in [2.75, 3.05) is 17.8 Å². The van der Waals surface area contributed by atoms with Crippen molar-refractivity contribution in [3.63, 3.8) is 0 Å². The molecule has 0 bridgehead atoms. The molecule has 0 saturated heterocycles. The average molecular weight is 368 g/mol. The highest BCUT2D eigenvalue weighted by molar-refractivity contribution is 9.09. The molecule has 0 heterocycles. The largest absolute Gasteiger partial charge is 0.382 e. The summed E-state index contributed by atoms with van der Waals surface area (Å²) in [6.07, 6.45) is 0.970. The van der Waals surface area contributed by atoms with Crippen molar-refractivity contribution in [2.24, 2.45) is 0 Å². The second-order valence-electron chi connectivity index (χ2n) is 4.31. The van der Waals surface area contributed by atoms with Crippen molar-refractivity contribution < 1.29 is 9.13 Å². The van der Waals surface area contributed by atoms with Crippen LogP contribution < -0.4 is 0 Å². The maximum Gasteiger partial charge on any atom is 0.123 e. The normalized spacial score (nSPS) is 13.7. The van der Waals surface area contributed by atoms with E-state index in [4.69, 9.17) is 4.74 Å². The van der Waals surface area contributed by atoms with Gasteiger partial charge < -0.3 is 4.74 Å². The summed E-state index contributed by atoms with van der Waals surface area (Å²) in [6.45, 7) is 2.03. The van der Waals surface area contributed by atoms with Gasteiger partial charge >= 0.3 is 0 Å². The smallest absolute Gasteiger partial charge is 0.123 e. The average Bonchev–Trinajstić information content (AvgIpc) is 2.35. The SMILES string of the molecule is COC(C)CC(CBr)(CBr)c1cccc(F)c1. The summed E-state index contributed by atoms with van der Waals surface area (Å²) < 4.78 is 18.7. The van der Waals surface area contributed by atoms with E-state index in [0.29, 0.717) is 0 Å². The zero-order chi connectivity index (χ0) is 12.9.